The van der Waals surface area contributed by atoms with Crippen LogP contribution in [0.4, 0.5) is 10.2 Å². The van der Waals surface area contributed by atoms with E-state index in [0.717, 1.165) is 28.1 Å². The third-order valence-corrected chi connectivity index (χ3v) is 10.5. The minimum absolute atomic E-state index is 0.125. The number of hydrogen-bond donors (Lipinski definition) is 0. The number of carbonyl (C=O) groups is 1. The normalized spacial score (nSPS) is 13.8. The molecule has 1 saturated heterocycles. The number of amides is 1. The summed E-state index contributed by atoms with van der Waals surface area (Å²) in [5.41, 5.74) is 4.92. The van der Waals surface area contributed by atoms with Gasteiger partial charge in [-0.1, -0.05) is 29.8 Å². The SMILES string of the molecule is Cc1ccc(S(=O)(=O)n2cc(-c3cnn(Cc4cccc(F)c4)c3)c3cc(-c4ccc(N5CCN(C(=O)CN(C)C)CC5)nc4)cnc32)cc1. The Kier molecular flexibility index (Phi) is 8.93. The molecule has 1 fully saturated rings. The maximum atomic E-state index is 14.0. The lowest BCUT2D eigenvalue weighted by Gasteiger charge is -2.35. The number of fused-ring (bicyclic) bond motifs is 1. The van der Waals surface area contributed by atoms with Gasteiger partial charge in [-0.05, 0) is 69.0 Å². The molecule has 11 nitrogen and oxygen atoms in total. The van der Waals surface area contributed by atoms with E-state index in [0.29, 0.717) is 55.8 Å². The molecule has 0 unspecified atom stereocenters. The van der Waals surface area contributed by atoms with Crippen LogP contribution in [-0.2, 0) is 21.4 Å². The minimum Gasteiger partial charge on any atom is -0.353 e. The van der Waals surface area contributed by atoms with Crippen molar-refractivity contribution in [3.63, 3.8) is 0 Å². The fourth-order valence-corrected chi connectivity index (χ4v) is 7.51. The Labute approximate surface area is 290 Å². The molecule has 0 aliphatic carbocycles. The fourth-order valence-electron chi connectivity index (χ4n) is 6.19. The Morgan fingerprint density at radius 3 is 2.32 bits per heavy atom. The van der Waals surface area contributed by atoms with E-state index in [-0.39, 0.29) is 22.3 Å². The van der Waals surface area contributed by atoms with Crippen molar-refractivity contribution in [2.75, 3.05) is 51.7 Å². The van der Waals surface area contributed by atoms with Gasteiger partial charge in [-0.2, -0.15) is 5.10 Å². The minimum atomic E-state index is -3.99. The highest BCUT2D eigenvalue weighted by Gasteiger charge is 2.25. The highest BCUT2D eigenvalue weighted by molar-refractivity contribution is 7.90. The Hall–Kier alpha value is -5.40. The molecule has 1 amide bonds. The Morgan fingerprint density at radius 2 is 1.62 bits per heavy atom. The van der Waals surface area contributed by atoms with E-state index in [1.54, 1.807) is 59.8 Å². The summed E-state index contributed by atoms with van der Waals surface area (Å²) >= 11 is 0. The molecular weight excluding hydrogens is 656 g/mol. The summed E-state index contributed by atoms with van der Waals surface area (Å²) in [5, 5.41) is 5.13. The summed E-state index contributed by atoms with van der Waals surface area (Å²) in [6.07, 6.45) is 8.53. The van der Waals surface area contributed by atoms with Crippen LogP contribution in [0.5, 0.6) is 0 Å². The van der Waals surface area contributed by atoms with Crippen LogP contribution in [0.15, 0.2) is 103 Å². The summed E-state index contributed by atoms with van der Waals surface area (Å²) < 4.78 is 44.7. The average Bonchev–Trinajstić information content (AvgIpc) is 3.73. The maximum absolute atomic E-state index is 14.0. The summed E-state index contributed by atoms with van der Waals surface area (Å²) in [7, 11) is -0.206. The predicted molar refractivity (Wildman–Crippen MR) is 191 cm³/mol. The van der Waals surface area contributed by atoms with Gasteiger partial charge in [0.15, 0.2) is 5.65 Å². The summed E-state index contributed by atoms with van der Waals surface area (Å²) in [6, 6.07) is 18.9. The predicted octanol–water partition coefficient (Wildman–Crippen LogP) is 4.90. The van der Waals surface area contributed by atoms with Gasteiger partial charge in [0.1, 0.15) is 11.6 Å². The Bertz CT molecular complexity index is 2270. The number of anilines is 1. The maximum Gasteiger partial charge on any atom is 0.269 e. The second-order valence-electron chi connectivity index (χ2n) is 12.8. The Balaban J connectivity index is 1.21. The number of nitrogens with zero attached hydrogens (tertiary/aromatic N) is 8. The fraction of sp³-hybridized carbons (Fsp3) is 0.243. The molecule has 0 radical (unpaired) electrons. The number of halogens is 1. The number of aryl methyl sites for hydroxylation is 1. The van der Waals surface area contributed by atoms with Crippen LogP contribution in [0.1, 0.15) is 11.1 Å². The zero-order valence-corrected chi connectivity index (χ0v) is 28.9. The molecule has 0 spiro atoms. The van der Waals surface area contributed by atoms with Crippen LogP contribution >= 0.6 is 0 Å². The van der Waals surface area contributed by atoms with Crippen LogP contribution < -0.4 is 4.90 Å². The van der Waals surface area contributed by atoms with E-state index in [1.165, 1.54) is 16.1 Å². The Morgan fingerprint density at radius 1 is 0.860 bits per heavy atom. The van der Waals surface area contributed by atoms with Crippen LogP contribution in [0, 0.1) is 12.7 Å². The van der Waals surface area contributed by atoms with Gasteiger partial charge >= 0.3 is 0 Å². The van der Waals surface area contributed by atoms with Crippen LogP contribution in [0.3, 0.4) is 0 Å². The van der Waals surface area contributed by atoms with Gasteiger partial charge in [-0.3, -0.25) is 9.48 Å². The second kappa shape index (κ2) is 13.5. The number of hydrogen-bond acceptors (Lipinski definition) is 8. The zero-order chi connectivity index (χ0) is 35.0. The lowest BCUT2D eigenvalue weighted by Crippen LogP contribution is -2.50. The van der Waals surface area contributed by atoms with Crippen LogP contribution in [0.2, 0.25) is 0 Å². The highest BCUT2D eigenvalue weighted by atomic mass is 32.2. The zero-order valence-electron chi connectivity index (χ0n) is 28.1. The molecule has 4 aromatic heterocycles. The molecule has 0 atom stereocenters. The van der Waals surface area contributed by atoms with Gasteiger partial charge in [0, 0.05) is 78.6 Å². The van der Waals surface area contributed by atoms with E-state index >= 15 is 0 Å². The second-order valence-corrected chi connectivity index (χ2v) is 14.6. The van der Waals surface area contributed by atoms with Gasteiger partial charge in [0.25, 0.3) is 10.0 Å². The van der Waals surface area contributed by atoms with E-state index in [1.807, 2.05) is 61.3 Å². The number of likely N-dealkylation sites (N-methyl/N-ethyl adjacent to an activating group) is 1. The van der Waals surface area contributed by atoms with E-state index in [2.05, 4.69) is 10.00 Å². The largest absolute Gasteiger partial charge is 0.353 e. The molecule has 13 heteroatoms. The van der Waals surface area contributed by atoms with Gasteiger partial charge in [-0.15, -0.1) is 0 Å². The first-order valence-electron chi connectivity index (χ1n) is 16.3. The first-order valence-corrected chi connectivity index (χ1v) is 17.7. The smallest absolute Gasteiger partial charge is 0.269 e. The third-order valence-electron chi connectivity index (χ3n) is 8.86. The number of piperazine rings is 1. The van der Waals surface area contributed by atoms with Crippen molar-refractivity contribution in [2.24, 2.45) is 0 Å². The molecule has 50 heavy (non-hydrogen) atoms. The van der Waals surface area contributed by atoms with Crippen molar-refractivity contribution in [3.8, 4) is 22.3 Å². The average molecular weight is 693 g/mol. The van der Waals surface area contributed by atoms with Gasteiger partial charge in [0.05, 0.1) is 24.2 Å². The summed E-state index contributed by atoms with van der Waals surface area (Å²) in [5.74, 6) is 0.624. The summed E-state index contributed by atoms with van der Waals surface area (Å²) in [4.78, 5) is 28.0. The standard InChI is InChI=1S/C37H37FN8O3S/c1-26-7-10-32(11-8-26)50(48,49)46-24-34(30-21-41-45(23-30)22-27-5-4-6-31(38)17-27)33-18-29(20-40-37(33)46)28-9-12-35(39-19-28)43-13-15-44(16-14-43)36(47)25-42(2)3/h4-12,17-21,23-24H,13-16,22,25H2,1-3H3. The van der Waals surface area contributed by atoms with Crippen molar-refractivity contribution in [3.05, 3.63) is 115 Å². The third kappa shape index (κ3) is 6.74. The highest BCUT2D eigenvalue weighted by Crippen LogP contribution is 2.35. The number of pyridine rings is 2. The van der Waals surface area contributed by atoms with Gasteiger partial charge in [0.2, 0.25) is 5.91 Å². The van der Waals surface area contributed by atoms with Crippen LogP contribution in [0.25, 0.3) is 33.3 Å². The molecule has 5 heterocycles. The molecule has 2 aromatic carbocycles. The molecule has 0 saturated carbocycles. The number of rotatable bonds is 9. The number of benzene rings is 2. The lowest BCUT2D eigenvalue weighted by atomic mass is 10.1. The summed E-state index contributed by atoms with van der Waals surface area (Å²) in [6.45, 7) is 5.31. The van der Waals surface area contributed by atoms with Gasteiger partial charge < -0.3 is 14.7 Å². The van der Waals surface area contributed by atoms with E-state index < -0.39 is 10.0 Å². The van der Waals surface area contributed by atoms with Crippen molar-refractivity contribution in [1.29, 1.82) is 0 Å². The van der Waals surface area contributed by atoms with E-state index in [9.17, 15) is 17.6 Å². The van der Waals surface area contributed by atoms with Crippen LogP contribution in [-0.4, -0.2) is 94.7 Å². The molecular formula is C37H37FN8O3S. The lowest BCUT2D eigenvalue weighted by molar-refractivity contribution is -0.132. The van der Waals surface area contributed by atoms with Crippen molar-refractivity contribution in [1.82, 2.24) is 33.5 Å². The van der Waals surface area contributed by atoms with Crippen molar-refractivity contribution in [2.45, 2.75) is 18.4 Å². The molecule has 6 aromatic rings. The quantitative estimate of drug-likeness (QED) is 0.211. The monoisotopic (exact) mass is 692 g/mol. The van der Waals surface area contributed by atoms with Crippen molar-refractivity contribution >= 4 is 32.8 Å². The molecule has 0 N–H and O–H groups in total. The molecule has 0 bridgehead atoms. The molecule has 256 valence electrons. The number of carbonyl (C=O) groups excluding carboxylic acids is 1. The first-order chi connectivity index (χ1) is 24.0. The molecule has 1 aliphatic heterocycles. The van der Waals surface area contributed by atoms with Gasteiger partial charge in [-0.25, -0.2) is 26.7 Å². The molecule has 1 aliphatic rings. The molecule has 7 rings (SSSR count). The van der Waals surface area contributed by atoms with Crippen molar-refractivity contribution < 1.29 is 17.6 Å². The first kappa shape index (κ1) is 33.1. The number of aromatic nitrogens is 5. The topological polar surface area (TPSA) is 109 Å². The van der Waals surface area contributed by atoms with E-state index in [4.69, 9.17) is 9.97 Å².